The molecule has 1 aromatic heterocycles. The fraction of sp³-hybridized carbons (Fsp3) is 0.238. The van der Waals surface area contributed by atoms with Gasteiger partial charge in [0.05, 0.1) is 12.1 Å². The number of carboxylic acids is 1. The molecule has 0 aliphatic heterocycles. The summed E-state index contributed by atoms with van der Waals surface area (Å²) in [6.45, 7) is 2.59. The second-order valence-electron chi connectivity index (χ2n) is 6.46. The van der Waals surface area contributed by atoms with Crippen molar-refractivity contribution >= 4 is 22.8 Å². The molecule has 0 aliphatic rings. The number of hydrogen-bond acceptors (Lipinski definition) is 4. The minimum Gasteiger partial charge on any atom is -0.494 e. The molecule has 3 rings (SSSR count). The van der Waals surface area contributed by atoms with Crippen LogP contribution in [0, 0.1) is 6.92 Å². The molecule has 7 nitrogen and oxygen atoms in total. The van der Waals surface area contributed by atoms with Crippen molar-refractivity contribution in [1.82, 2.24) is 4.57 Å². The van der Waals surface area contributed by atoms with Crippen LogP contribution in [0.3, 0.4) is 0 Å². The van der Waals surface area contributed by atoms with Gasteiger partial charge in [0.25, 0.3) is 5.91 Å². The maximum absolute atomic E-state index is 11.8. The van der Waals surface area contributed by atoms with Crippen molar-refractivity contribution < 1.29 is 24.2 Å². The van der Waals surface area contributed by atoms with Crippen LogP contribution in [0.5, 0.6) is 11.5 Å². The van der Waals surface area contributed by atoms with Crippen molar-refractivity contribution in [1.29, 1.82) is 0 Å². The van der Waals surface area contributed by atoms with Crippen molar-refractivity contribution in [3.05, 3.63) is 59.8 Å². The molecule has 0 atom stereocenters. The highest BCUT2D eigenvalue weighted by atomic mass is 16.5. The van der Waals surface area contributed by atoms with Gasteiger partial charge in [0.2, 0.25) is 0 Å². The molecule has 7 heteroatoms. The van der Waals surface area contributed by atoms with E-state index >= 15 is 0 Å². The Labute approximate surface area is 162 Å². The summed E-state index contributed by atoms with van der Waals surface area (Å²) < 4.78 is 12.8. The SMILES string of the molecule is Cc1ccc(OCCCn2c(C(N)=O)cc3ccc(OCC(=O)O)cc32)cc1. The molecule has 146 valence electrons. The number of carbonyl (C=O) groups is 2. The summed E-state index contributed by atoms with van der Waals surface area (Å²) in [5.41, 5.74) is 7.84. The second-order valence-corrected chi connectivity index (χ2v) is 6.46. The molecule has 0 saturated carbocycles. The molecular weight excluding hydrogens is 360 g/mol. The number of rotatable bonds is 9. The van der Waals surface area contributed by atoms with E-state index in [0.717, 1.165) is 22.2 Å². The number of primary amides is 1. The Morgan fingerprint density at radius 2 is 1.75 bits per heavy atom. The van der Waals surface area contributed by atoms with Gasteiger partial charge in [-0.15, -0.1) is 0 Å². The van der Waals surface area contributed by atoms with E-state index in [0.29, 0.717) is 31.0 Å². The van der Waals surface area contributed by atoms with Crippen molar-refractivity contribution in [2.24, 2.45) is 5.73 Å². The molecule has 0 bridgehead atoms. The van der Waals surface area contributed by atoms with E-state index in [1.165, 1.54) is 0 Å². The lowest BCUT2D eigenvalue weighted by Gasteiger charge is -2.11. The Hall–Kier alpha value is -3.48. The Morgan fingerprint density at radius 3 is 2.43 bits per heavy atom. The molecule has 1 amide bonds. The standard InChI is InChI=1S/C21H22N2O5/c1-14-3-6-16(7-4-14)27-10-2-9-23-18-12-17(28-13-20(24)25)8-5-15(18)11-19(23)21(22)26/h3-8,11-12H,2,9-10,13H2,1H3,(H2,22,26)(H,24,25). The van der Waals surface area contributed by atoms with Gasteiger partial charge < -0.3 is 24.9 Å². The third kappa shape index (κ3) is 4.62. The number of aryl methyl sites for hydroxylation is 2. The van der Waals surface area contributed by atoms with E-state index in [4.69, 9.17) is 20.3 Å². The zero-order chi connectivity index (χ0) is 20.1. The lowest BCUT2D eigenvalue weighted by Crippen LogP contribution is -2.17. The van der Waals surface area contributed by atoms with Crippen molar-refractivity contribution in [3.8, 4) is 11.5 Å². The van der Waals surface area contributed by atoms with Crippen molar-refractivity contribution in [2.45, 2.75) is 19.9 Å². The smallest absolute Gasteiger partial charge is 0.341 e. The van der Waals surface area contributed by atoms with Gasteiger partial charge in [0.1, 0.15) is 17.2 Å². The molecule has 28 heavy (non-hydrogen) atoms. The highest BCUT2D eigenvalue weighted by Gasteiger charge is 2.14. The number of ether oxygens (including phenoxy) is 2. The van der Waals surface area contributed by atoms with E-state index in [9.17, 15) is 9.59 Å². The highest BCUT2D eigenvalue weighted by Crippen LogP contribution is 2.25. The lowest BCUT2D eigenvalue weighted by atomic mass is 10.2. The van der Waals surface area contributed by atoms with Crippen LogP contribution < -0.4 is 15.2 Å². The number of nitrogens with zero attached hydrogens (tertiary/aromatic N) is 1. The topological polar surface area (TPSA) is 104 Å². The molecule has 0 spiro atoms. The highest BCUT2D eigenvalue weighted by molar-refractivity contribution is 5.98. The van der Waals surface area contributed by atoms with E-state index in [2.05, 4.69) is 0 Å². The average molecular weight is 382 g/mol. The van der Waals surface area contributed by atoms with E-state index in [1.54, 1.807) is 24.3 Å². The molecule has 0 aliphatic carbocycles. The molecule has 2 aromatic carbocycles. The summed E-state index contributed by atoms with van der Waals surface area (Å²) in [6, 6.07) is 14.7. The zero-order valence-corrected chi connectivity index (χ0v) is 15.6. The van der Waals surface area contributed by atoms with E-state index in [1.807, 2.05) is 35.8 Å². The number of benzene rings is 2. The quantitative estimate of drug-likeness (QED) is 0.554. The number of fused-ring (bicyclic) bond motifs is 1. The maximum atomic E-state index is 11.8. The van der Waals surface area contributed by atoms with Crippen molar-refractivity contribution in [2.75, 3.05) is 13.2 Å². The van der Waals surface area contributed by atoms with Crippen LogP contribution in [0.25, 0.3) is 10.9 Å². The Morgan fingerprint density at radius 1 is 1.04 bits per heavy atom. The van der Waals surface area contributed by atoms with Gasteiger partial charge >= 0.3 is 5.97 Å². The van der Waals surface area contributed by atoms with Gasteiger partial charge in [-0.2, -0.15) is 0 Å². The van der Waals surface area contributed by atoms with Gasteiger partial charge in [-0.3, -0.25) is 4.79 Å². The number of aliphatic carboxylic acids is 1. The van der Waals surface area contributed by atoms with Gasteiger partial charge in [0.15, 0.2) is 6.61 Å². The second kappa shape index (κ2) is 8.47. The number of carbonyl (C=O) groups excluding carboxylic acids is 1. The van der Waals surface area contributed by atoms with E-state index < -0.39 is 18.5 Å². The fourth-order valence-corrected chi connectivity index (χ4v) is 2.96. The van der Waals surface area contributed by atoms with Crippen molar-refractivity contribution in [3.63, 3.8) is 0 Å². The third-order valence-electron chi connectivity index (χ3n) is 4.31. The van der Waals surface area contributed by atoms with E-state index in [-0.39, 0.29) is 0 Å². The number of hydrogen-bond donors (Lipinski definition) is 2. The largest absolute Gasteiger partial charge is 0.494 e. The van der Waals surface area contributed by atoms with Crippen LogP contribution in [0.15, 0.2) is 48.5 Å². The molecule has 3 N–H and O–H groups in total. The summed E-state index contributed by atoms with van der Waals surface area (Å²) in [4.78, 5) is 22.5. The molecule has 0 fully saturated rings. The molecular formula is C21H22N2O5. The van der Waals surface area contributed by atoms with Crippen LogP contribution in [-0.2, 0) is 11.3 Å². The molecule has 0 unspecified atom stereocenters. The normalized spacial score (nSPS) is 10.8. The number of amides is 1. The summed E-state index contributed by atoms with van der Waals surface area (Å²) in [6.07, 6.45) is 0.665. The fourth-order valence-electron chi connectivity index (χ4n) is 2.96. The average Bonchev–Trinajstić information content (AvgIpc) is 3.03. The first-order valence-electron chi connectivity index (χ1n) is 8.91. The summed E-state index contributed by atoms with van der Waals surface area (Å²) in [5.74, 6) is -0.367. The lowest BCUT2D eigenvalue weighted by molar-refractivity contribution is -0.139. The molecule has 0 radical (unpaired) electrons. The number of nitrogens with two attached hydrogens (primary N) is 1. The predicted molar refractivity (Wildman–Crippen MR) is 105 cm³/mol. The van der Waals surface area contributed by atoms with Gasteiger partial charge in [-0.25, -0.2) is 4.79 Å². The monoisotopic (exact) mass is 382 g/mol. The van der Waals surface area contributed by atoms with Crippen LogP contribution in [0.4, 0.5) is 0 Å². The summed E-state index contributed by atoms with van der Waals surface area (Å²) >= 11 is 0. The minimum absolute atomic E-state index is 0.390. The first-order valence-corrected chi connectivity index (χ1v) is 8.91. The number of aromatic nitrogens is 1. The Kier molecular flexibility index (Phi) is 5.84. The summed E-state index contributed by atoms with van der Waals surface area (Å²) in [7, 11) is 0. The first-order chi connectivity index (χ1) is 13.4. The number of carboxylic acid groups (broad SMARTS) is 1. The summed E-state index contributed by atoms with van der Waals surface area (Å²) in [5, 5.41) is 9.60. The Balaban J connectivity index is 1.74. The maximum Gasteiger partial charge on any atom is 0.341 e. The van der Waals surface area contributed by atoms with Gasteiger partial charge in [-0.1, -0.05) is 17.7 Å². The van der Waals surface area contributed by atoms with Crippen LogP contribution in [-0.4, -0.2) is 34.8 Å². The molecule has 1 heterocycles. The first kappa shape index (κ1) is 19.3. The minimum atomic E-state index is -1.05. The predicted octanol–water partition coefficient (Wildman–Crippen LogP) is 2.98. The Bertz CT molecular complexity index is 992. The molecule has 3 aromatic rings. The van der Waals surface area contributed by atoms with Gasteiger partial charge in [0, 0.05) is 18.0 Å². The molecule has 0 saturated heterocycles. The zero-order valence-electron chi connectivity index (χ0n) is 15.6. The van der Waals surface area contributed by atoms with Crippen LogP contribution >= 0.6 is 0 Å². The third-order valence-corrected chi connectivity index (χ3v) is 4.31. The van der Waals surface area contributed by atoms with Crippen LogP contribution in [0.2, 0.25) is 0 Å². The van der Waals surface area contributed by atoms with Crippen LogP contribution in [0.1, 0.15) is 22.5 Å². The van der Waals surface area contributed by atoms with Gasteiger partial charge in [-0.05, 0) is 43.7 Å².